The molecule has 0 unspecified atom stereocenters. The van der Waals surface area contributed by atoms with E-state index in [1.54, 1.807) is 19.1 Å². The van der Waals surface area contributed by atoms with Crippen LogP contribution in [0, 0.1) is 12.7 Å². The van der Waals surface area contributed by atoms with Crippen molar-refractivity contribution < 1.29 is 12.8 Å². The fourth-order valence-electron chi connectivity index (χ4n) is 1.65. The van der Waals surface area contributed by atoms with Crippen molar-refractivity contribution in [2.24, 2.45) is 5.10 Å². The number of nitrogens with one attached hydrogen (secondary N) is 1. The summed E-state index contributed by atoms with van der Waals surface area (Å²) >= 11 is 0. The van der Waals surface area contributed by atoms with Gasteiger partial charge in [-0.3, -0.25) is 0 Å². The number of hydrazone groups is 1. The maximum Gasteiger partial charge on any atom is 0.276 e. The van der Waals surface area contributed by atoms with Crippen LogP contribution in [-0.4, -0.2) is 14.1 Å². The zero-order valence-electron chi connectivity index (χ0n) is 11.7. The molecule has 0 saturated carbocycles. The molecule has 0 aliphatic carbocycles. The summed E-state index contributed by atoms with van der Waals surface area (Å²) in [5, 5.41) is 3.85. The molecule has 6 heteroatoms. The number of nitrogens with zero attached hydrogens (tertiary/aromatic N) is 1. The van der Waals surface area contributed by atoms with Crippen LogP contribution in [0.2, 0.25) is 0 Å². The number of halogens is 1. The topological polar surface area (TPSA) is 58.5 Å². The maximum atomic E-state index is 12.8. The van der Waals surface area contributed by atoms with Gasteiger partial charge in [0, 0.05) is 0 Å². The lowest BCUT2D eigenvalue weighted by atomic mass is 10.1. The van der Waals surface area contributed by atoms with Gasteiger partial charge in [-0.2, -0.15) is 18.4 Å². The van der Waals surface area contributed by atoms with Crippen LogP contribution in [0.25, 0.3) is 0 Å². The quantitative estimate of drug-likeness (QED) is 0.697. The van der Waals surface area contributed by atoms with Gasteiger partial charge in [0.25, 0.3) is 10.0 Å². The predicted molar refractivity (Wildman–Crippen MR) is 80.1 cm³/mol. The van der Waals surface area contributed by atoms with Crippen LogP contribution in [0.15, 0.2) is 58.5 Å². The van der Waals surface area contributed by atoms with Crippen LogP contribution in [0.4, 0.5) is 4.39 Å². The summed E-state index contributed by atoms with van der Waals surface area (Å²) in [7, 11) is -3.70. The second kappa shape index (κ2) is 6.05. The molecule has 2 aromatic carbocycles. The highest BCUT2D eigenvalue weighted by Crippen LogP contribution is 2.10. The molecule has 2 rings (SSSR count). The molecule has 0 fully saturated rings. The number of aryl methyl sites for hydroxylation is 1. The maximum absolute atomic E-state index is 12.8. The summed E-state index contributed by atoms with van der Waals surface area (Å²) in [5.74, 6) is -0.355. The summed E-state index contributed by atoms with van der Waals surface area (Å²) in [6.45, 7) is 3.52. The van der Waals surface area contributed by atoms with Gasteiger partial charge in [0.1, 0.15) is 5.82 Å². The average molecular weight is 306 g/mol. The number of hydrogen-bond donors (Lipinski definition) is 1. The third-order valence-electron chi connectivity index (χ3n) is 2.93. The molecular weight excluding hydrogens is 291 g/mol. The number of rotatable bonds is 4. The first-order chi connectivity index (χ1) is 9.88. The van der Waals surface area contributed by atoms with Gasteiger partial charge < -0.3 is 0 Å². The summed E-state index contributed by atoms with van der Waals surface area (Å²) in [6, 6.07) is 12.1. The molecule has 0 aliphatic heterocycles. The van der Waals surface area contributed by atoms with Gasteiger partial charge in [-0.05, 0) is 43.7 Å². The predicted octanol–water partition coefficient (Wildman–Crippen LogP) is 2.84. The number of benzene rings is 2. The first-order valence-corrected chi connectivity index (χ1v) is 7.75. The lowest BCUT2D eigenvalue weighted by Gasteiger charge is -2.05. The van der Waals surface area contributed by atoms with Gasteiger partial charge in [-0.15, -0.1) is 0 Å². The molecule has 21 heavy (non-hydrogen) atoms. The van der Waals surface area contributed by atoms with Gasteiger partial charge in [0.15, 0.2) is 0 Å². The van der Waals surface area contributed by atoms with E-state index in [0.717, 1.165) is 5.56 Å². The zero-order valence-corrected chi connectivity index (χ0v) is 12.5. The third-order valence-corrected chi connectivity index (χ3v) is 4.15. The van der Waals surface area contributed by atoms with Gasteiger partial charge >= 0.3 is 0 Å². The van der Waals surface area contributed by atoms with Crippen LogP contribution >= 0.6 is 0 Å². The molecule has 1 N–H and O–H groups in total. The molecule has 0 radical (unpaired) electrons. The molecule has 0 spiro atoms. The minimum absolute atomic E-state index is 0.142. The summed E-state index contributed by atoms with van der Waals surface area (Å²) in [4.78, 5) is 2.32. The lowest BCUT2D eigenvalue weighted by Crippen LogP contribution is -2.19. The van der Waals surface area contributed by atoms with Gasteiger partial charge in [0.05, 0.1) is 10.6 Å². The largest absolute Gasteiger partial charge is 0.276 e. The molecule has 2 aromatic rings. The Bertz CT molecular complexity index is 751. The monoisotopic (exact) mass is 306 g/mol. The minimum Gasteiger partial charge on any atom is -0.207 e. The van der Waals surface area contributed by atoms with Crippen molar-refractivity contribution in [3.05, 3.63) is 65.5 Å². The van der Waals surface area contributed by atoms with Gasteiger partial charge in [0.2, 0.25) is 0 Å². The Balaban J connectivity index is 2.18. The fourth-order valence-corrected chi connectivity index (χ4v) is 2.51. The lowest BCUT2D eigenvalue weighted by molar-refractivity contribution is 0.584. The Morgan fingerprint density at radius 3 is 2.19 bits per heavy atom. The van der Waals surface area contributed by atoms with Crippen molar-refractivity contribution in [2.75, 3.05) is 0 Å². The van der Waals surface area contributed by atoms with E-state index in [9.17, 15) is 12.8 Å². The van der Waals surface area contributed by atoms with Crippen molar-refractivity contribution in [3.63, 3.8) is 0 Å². The van der Waals surface area contributed by atoms with Crippen molar-refractivity contribution in [3.8, 4) is 0 Å². The van der Waals surface area contributed by atoms with Crippen LogP contribution in [0.3, 0.4) is 0 Å². The van der Waals surface area contributed by atoms with Crippen molar-refractivity contribution in [1.82, 2.24) is 4.83 Å². The standard InChI is InChI=1S/C15H15FN2O2S/c1-11-3-9-15(10-4-11)21(19,20)18-17-12(2)13-5-7-14(16)8-6-13/h3-10,18H,1-2H3/b17-12+. The molecule has 4 nitrogen and oxygen atoms in total. The zero-order chi connectivity index (χ0) is 15.5. The second-order valence-corrected chi connectivity index (χ2v) is 6.27. The Kier molecular flexibility index (Phi) is 4.37. The van der Waals surface area contributed by atoms with E-state index in [1.807, 2.05) is 6.92 Å². The third kappa shape index (κ3) is 3.88. The van der Waals surface area contributed by atoms with E-state index in [4.69, 9.17) is 0 Å². The molecule has 0 aromatic heterocycles. The average Bonchev–Trinajstić information content (AvgIpc) is 2.46. The van der Waals surface area contributed by atoms with Crippen LogP contribution in [0.1, 0.15) is 18.1 Å². The normalized spacial score (nSPS) is 12.2. The van der Waals surface area contributed by atoms with Crippen molar-refractivity contribution >= 4 is 15.7 Å². The summed E-state index contributed by atoms with van der Waals surface area (Å²) in [6.07, 6.45) is 0. The summed E-state index contributed by atoms with van der Waals surface area (Å²) < 4.78 is 36.9. The Labute approximate surface area is 123 Å². The van der Waals surface area contributed by atoms with Crippen molar-refractivity contribution in [2.45, 2.75) is 18.7 Å². The SMILES string of the molecule is C/C(=N\NS(=O)(=O)c1ccc(C)cc1)c1ccc(F)cc1. The first kappa shape index (κ1) is 15.2. The van der Waals surface area contributed by atoms with Gasteiger partial charge in [-0.1, -0.05) is 29.8 Å². The van der Waals surface area contributed by atoms with E-state index in [2.05, 4.69) is 9.93 Å². The highest BCUT2D eigenvalue weighted by atomic mass is 32.2. The van der Waals surface area contributed by atoms with Crippen LogP contribution in [0.5, 0.6) is 0 Å². The van der Waals surface area contributed by atoms with Gasteiger partial charge in [-0.25, -0.2) is 4.39 Å². The number of hydrogen-bond acceptors (Lipinski definition) is 3. The molecular formula is C15H15FN2O2S. The highest BCUT2D eigenvalue weighted by molar-refractivity contribution is 7.89. The van der Waals surface area contributed by atoms with Crippen LogP contribution < -0.4 is 4.83 Å². The van der Waals surface area contributed by atoms with Crippen molar-refractivity contribution in [1.29, 1.82) is 0 Å². The minimum atomic E-state index is -3.70. The molecule has 0 amide bonds. The van der Waals surface area contributed by atoms with Crippen LogP contribution in [-0.2, 0) is 10.0 Å². The smallest absolute Gasteiger partial charge is 0.207 e. The fraction of sp³-hybridized carbons (Fsp3) is 0.133. The summed E-state index contributed by atoms with van der Waals surface area (Å²) in [5.41, 5.74) is 2.06. The molecule has 0 heterocycles. The van der Waals surface area contributed by atoms with E-state index >= 15 is 0 Å². The Morgan fingerprint density at radius 2 is 1.62 bits per heavy atom. The highest BCUT2D eigenvalue weighted by Gasteiger charge is 2.12. The molecule has 0 aliphatic rings. The van der Waals surface area contributed by atoms with E-state index in [0.29, 0.717) is 11.3 Å². The second-order valence-electron chi connectivity index (χ2n) is 4.61. The number of sulfonamides is 1. The molecule has 0 bridgehead atoms. The Hall–Kier alpha value is -2.21. The Morgan fingerprint density at radius 1 is 1.05 bits per heavy atom. The molecule has 110 valence electrons. The first-order valence-electron chi connectivity index (χ1n) is 6.27. The van der Waals surface area contributed by atoms with E-state index in [1.165, 1.54) is 36.4 Å². The van der Waals surface area contributed by atoms with E-state index in [-0.39, 0.29) is 10.7 Å². The van der Waals surface area contributed by atoms with E-state index < -0.39 is 10.0 Å². The molecule has 0 atom stereocenters. The molecule has 0 saturated heterocycles.